The van der Waals surface area contributed by atoms with Crippen LogP contribution >= 0.6 is 11.3 Å². The van der Waals surface area contributed by atoms with Gasteiger partial charge in [0.15, 0.2) is 16.5 Å². The number of aromatic nitrogens is 3. The van der Waals surface area contributed by atoms with Gasteiger partial charge in [0.2, 0.25) is 5.91 Å². The number of ether oxygens (including phenoxy) is 1. The van der Waals surface area contributed by atoms with Crippen LogP contribution in [-0.4, -0.2) is 46.3 Å². The molecule has 4 rings (SSSR count). The second kappa shape index (κ2) is 5.89. The molecule has 9 heteroatoms. The maximum Gasteiger partial charge on any atom is 0.273 e. The molecule has 1 aliphatic carbocycles. The average molecular weight is 335 g/mol. The summed E-state index contributed by atoms with van der Waals surface area (Å²) in [5.41, 5.74) is 0.825. The van der Waals surface area contributed by atoms with Gasteiger partial charge in [-0.15, -0.1) is 0 Å². The zero-order valence-corrected chi connectivity index (χ0v) is 13.2. The molecule has 1 aliphatic heterocycles. The van der Waals surface area contributed by atoms with E-state index < -0.39 is 0 Å². The topological polar surface area (TPSA) is 109 Å². The summed E-state index contributed by atoms with van der Waals surface area (Å²) in [7, 11) is 0. The monoisotopic (exact) mass is 335 g/mol. The summed E-state index contributed by atoms with van der Waals surface area (Å²) in [6, 6.07) is 0. The average Bonchev–Trinajstić information content (AvgIpc) is 2.93. The number of hydrogen-bond acceptors (Lipinski definition) is 6. The van der Waals surface area contributed by atoms with Crippen LogP contribution in [0.1, 0.15) is 36.2 Å². The Kier molecular flexibility index (Phi) is 3.74. The van der Waals surface area contributed by atoms with Gasteiger partial charge in [0.05, 0.1) is 6.10 Å². The molecule has 2 aromatic heterocycles. The Labute approximate surface area is 136 Å². The highest BCUT2D eigenvalue weighted by Crippen LogP contribution is 2.32. The van der Waals surface area contributed by atoms with Gasteiger partial charge in [0.25, 0.3) is 5.91 Å². The smallest absolute Gasteiger partial charge is 0.273 e. The van der Waals surface area contributed by atoms with Crippen molar-refractivity contribution in [2.75, 3.05) is 18.5 Å². The van der Waals surface area contributed by atoms with Crippen molar-refractivity contribution in [3.8, 4) is 0 Å². The van der Waals surface area contributed by atoms with Crippen LogP contribution in [0.15, 0.2) is 0 Å². The lowest BCUT2D eigenvalue weighted by Crippen LogP contribution is -2.32. The highest BCUT2D eigenvalue weighted by molar-refractivity contribution is 7.22. The summed E-state index contributed by atoms with van der Waals surface area (Å²) >= 11 is 1.26. The number of nitrogens with one attached hydrogen (secondary N) is 3. The first-order chi connectivity index (χ1) is 11.2. The van der Waals surface area contributed by atoms with Gasteiger partial charge >= 0.3 is 0 Å². The first kappa shape index (κ1) is 14.6. The molecule has 23 heavy (non-hydrogen) atoms. The lowest BCUT2D eigenvalue weighted by atomic mass is 10.2. The molecular weight excluding hydrogens is 318 g/mol. The fourth-order valence-electron chi connectivity index (χ4n) is 2.57. The van der Waals surface area contributed by atoms with E-state index in [1.165, 1.54) is 11.3 Å². The highest BCUT2D eigenvalue weighted by atomic mass is 32.1. The fraction of sp³-hybridized carbons (Fsp3) is 0.571. The van der Waals surface area contributed by atoms with E-state index in [0.717, 1.165) is 32.3 Å². The number of nitrogens with zero attached hydrogens (tertiary/aromatic N) is 2. The molecule has 1 unspecified atom stereocenters. The largest absolute Gasteiger partial charge is 0.376 e. The molecule has 3 heterocycles. The number of carbonyl (C=O) groups excluding carboxylic acids is 2. The Hall–Kier alpha value is -2.00. The molecule has 0 bridgehead atoms. The summed E-state index contributed by atoms with van der Waals surface area (Å²) in [4.78, 5) is 28.3. The summed E-state index contributed by atoms with van der Waals surface area (Å²) in [6.45, 7) is 1.24. The second-order valence-corrected chi connectivity index (χ2v) is 6.88. The number of fused-ring (bicyclic) bond motifs is 1. The van der Waals surface area contributed by atoms with Crippen molar-refractivity contribution in [3.63, 3.8) is 0 Å². The van der Waals surface area contributed by atoms with Crippen LogP contribution in [0.3, 0.4) is 0 Å². The van der Waals surface area contributed by atoms with E-state index >= 15 is 0 Å². The van der Waals surface area contributed by atoms with Crippen LogP contribution in [0.5, 0.6) is 0 Å². The molecule has 0 radical (unpaired) electrons. The molecule has 8 nitrogen and oxygen atoms in total. The number of anilines is 1. The maximum atomic E-state index is 12.3. The number of hydrogen-bond donors (Lipinski definition) is 3. The van der Waals surface area contributed by atoms with Crippen molar-refractivity contribution in [1.82, 2.24) is 20.5 Å². The van der Waals surface area contributed by atoms with E-state index in [1.54, 1.807) is 0 Å². The van der Waals surface area contributed by atoms with Gasteiger partial charge in [-0.25, -0.2) is 4.98 Å². The van der Waals surface area contributed by atoms with Crippen LogP contribution in [0.4, 0.5) is 5.13 Å². The molecule has 2 amide bonds. The van der Waals surface area contributed by atoms with E-state index in [-0.39, 0.29) is 23.8 Å². The minimum atomic E-state index is -0.254. The Morgan fingerprint density at radius 3 is 2.96 bits per heavy atom. The van der Waals surface area contributed by atoms with Crippen LogP contribution in [-0.2, 0) is 9.53 Å². The van der Waals surface area contributed by atoms with E-state index in [4.69, 9.17) is 4.74 Å². The molecule has 0 spiro atoms. The summed E-state index contributed by atoms with van der Waals surface area (Å²) in [5, 5.41) is 12.9. The van der Waals surface area contributed by atoms with Gasteiger partial charge in [-0.3, -0.25) is 14.7 Å². The predicted octanol–water partition coefficient (Wildman–Crippen LogP) is 1.28. The Balaban J connectivity index is 1.44. The predicted molar refractivity (Wildman–Crippen MR) is 84.4 cm³/mol. The zero-order valence-electron chi connectivity index (χ0n) is 12.4. The van der Waals surface area contributed by atoms with Crippen molar-refractivity contribution in [3.05, 3.63) is 5.69 Å². The normalized spacial score (nSPS) is 20.8. The molecule has 1 saturated carbocycles. The number of amides is 2. The van der Waals surface area contributed by atoms with Crippen molar-refractivity contribution in [2.24, 2.45) is 5.92 Å². The van der Waals surface area contributed by atoms with Crippen molar-refractivity contribution in [2.45, 2.75) is 31.8 Å². The molecule has 2 aromatic rings. The van der Waals surface area contributed by atoms with Gasteiger partial charge in [-0.1, -0.05) is 11.3 Å². The van der Waals surface area contributed by atoms with E-state index in [0.29, 0.717) is 27.7 Å². The van der Waals surface area contributed by atoms with Crippen molar-refractivity contribution >= 4 is 38.6 Å². The Morgan fingerprint density at radius 1 is 1.35 bits per heavy atom. The second-order valence-electron chi connectivity index (χ2n) is 5.88. The molecule has 1 atom stereocenters. The third-order valence-corrected chi connectivity index (χ3v) is 5.00. The third kappa shape index (κ3) is 3.06. The molecule has 2 fully saturated rings. The van der Waals surface area contributed by atoms with Gasteiger partial charge in [-0.2, -0.15) is 5.10 Å². The molecule has 0 aromatic carbocycles. The van der Waals surface area contributed by atoms with Crippen LogP contribution in [0.2, 0.25) is 0 Å². The summed E-state index contributed by atoms with van der Waals surface area (Å²) in [5.74, 6) is -0.140. The lowest BCUT2D eigenvalue weighted by Gasteiger charge is -2.09. The van der Waals surface area contributed by atoms with E-state index in [9.17, 15) is 9.59 Å². The van der Waals surface area contributed by atoms with Crippen LogP contribution < -0.4 is 10.6 Å². The minimum Gasteiger partial charge on any atom is -0.376 e. The lowest BCUT2D eigenvalue weighted by molar-refractivity contribution is -0.117. The number of H-pyrrole nitrogens is 1. The minimum absolute atomic E-state index is 0.00116. The quantitative estimate of drug-likeness (QED) is 0.762. The Morgan fingerprint density at radius 2 is 2.22 bits per heavy atom. The van der Waals surface area contributed by atoms with Crippen molar-refractivity contribution in [1.29, 1.82) is 0 Å². The number of carbonyl (C=O) groups is 2. The SMILES string of the molecule is O=C(NCC1CCCO1)c1n[nH]c2nc(NC(=O)C3CC3)sc12. The van der Waals surface area contributed by atoms with Crippen LogP contribution in [0, 0.1) is 5.92 Å². The van der Waals surface area contributed by atoms with E-state index in [2.05, 4.69) is 25.8 Å². The maximum absolute atomic E-state index is 12.3. The van der Waals surface area contributed by atoms with E-state index in [1.807, 2.05) is 0 Å². The molecular formula is C14H17N5O3S. The zero-order chi connectivity index (χ0) is 15.8. The number of rotatable bonds is 5. The molecule has 2 aliphatic rings. The molecule has 1 saturated heterocycles. The van der Waals surface area contributed by atoms with Gasteiger partial charge in [0.1, 0.15) is 4.70 Å². The third-order valence-electron chi connectivity index (χ3n) is 4.02. The van der Waals surface area contributed by atoms with Crippen molar-refractivity contribution < 1.29 is 14.3 Å². The van der Waals surface area contributed by atoms with Crippen LogP contribution in [0.25, 0.3) is 10.3 Å². The Bertz CT molecular complexity index is 745. The standard InChI is InChI=1S/C14H17N5O3S/c20-12(7-3-4-7)17-14-16-11-10(23-14)9(18-19-11)13(21)15-6-8-2-1-5-22-8/h7-8H,1-6H2,(H,15,21)(H2,16,17,18,19,20). The first-order valence-corrected chi connectivity index (χ1v) is 8.58. The van der Waals surface area contributed by atoms with Gasteiger partial charge in [0, 0.05) is 19.1 Å². The van der Waals surface area contributed by atoms with Gasteiger partial charge in [-0.05, 0) is 25.7 Å². The number of aromatic amines is 1. The summed E-state index contributed by atoms with van der Waals surface area (Å²) in [6.07, 6.45) is 3.96. The molecule has 122 valence electrons. The fourth-order valence-corrected chi connectivity index (χ4v) is 3.48. The number of thiazole rings is 1. The summed E-state index contributed by atoms with van der Waals surface area (Å²) < 4.78 is 6.14. The van der Waals surface area contributed by atoms with Gasteiger partial charge < -0.3 is 15.4 Å². The first-order valence-electron chi connectivity index (χ1n) is 7.76. The highest BCUT2D eigenvalue weighted by Gasteiger charge is 2.30. The molecule has 3 N–H and O–H groups in total.